The molecular weight excluding hydrogens is 221 g/mol. The number of hydrogen-bond acceptors (Lipinski definition) is 1. The van der Waals surface area contributed by atoms with Crippen LogP contribution in [-0.4, -0.2) is 25.8 Å². The minimum absolute atomic E-state index is 0.344. The Morgan fingerprint density at radius 2 is 1.64 bits per heavy atom. The molecule has 0 fully saturated rings. The van der Waals surface area contributed by atoms with Gasteiger partial charge in [0.15, 0.2) is 0 Å². The Bertz CT molecular complexity index is 39.8. The molecule has 0 saturated heterocycles. The molecule has 0 aliphatic carbocycles. The first-order valence-corrected chi connectivity index (χ1v) is 7.59. The number of aliphatic hydroxyl groups excluding tert-OH is 1. The normalized spacial score (nSPS) is 6.73. The molecule has 0 heterocycles. The summed E-state index contributed by atoms with van der Waals surface area (Å²) in [4.78, 5) is 0. The standard InChI is InChI=1S/C4H10O.C2H6N.2ClH.Ti/c1-2-3-4-5;1-3-2;;;/h5H,2-4H2,1H3;1-2H3;2*1H;/q;-1;;;+2/p-2. The Balaban J connectivity index is -0.0000000933. The van der Waals surface area contributed by atoms with E-state index in [1.807, 2.05) is 0 Å². The van der Waals surface area contributed by atoms with Gasteiger partial charge in [-0.05, 0) is 6.42 Å². The summed E-state index contributed by atoms with van der Waals surface area (Å²) in [6.45, 7) is 2.40. The zero-order valence-electron chi connectivity index (χ0n) is 7.27. The molecule has 0 saturated carbocycles. The van der Waals surface area contributed by atoms with E-state index in [-0.39, 0.29) is 0 Å². The van der Waals surface area contributed by atoms with Gasteiger partial charge in [-0.25, -0.2) is 0 Å². The van der Waals surface area contributed by atoms with Crippen LogP contribution in [0.5, 0.6) is 0 Å². The van der Waals surface area contributed by atoms with Crippen molar-refractivity contribution < 1.29 is 22.1 Å². The van der Waals surface area contributed by atoms with Crippen LogP contribution in [0, 0.1) is 0 Å². The van der Waals surface area contributed by atoms with Crippen molar-refractivity contribution in [3.05, 3.63) is 5.32 Å². The van der Waals surface area contributed by atoms with Gasteiger partial charge in [-0.15, -0.1) is 0 Å². The number of aliphatic hydroxyl groups is 1. The summed E-state index contributed by atoms with van der Waals surface area (Å²) in [7, 11) is 13.3. The van der Waals surface area contributed by atoms with Gasteiger partial charge in [0.1, 0.15) is 0 Å². The van der Waals surface area contributed by atoms with Crippen molar-refractivity contribution in [3.63, 3.8) is 0 Å². The van der Waals surface area contributed by atoms with Gasteiger partial charge < -0.3 is 10.4 Å². The molecular formula is C6H16Cl2NOTi-. The van der Waals surface area contributed by atoms with Crippen LogP contribution in [0.15, 0.2) is 0 Å². The third-order valence-electron chi connectivity index (χ3n) is 0.512. The van der Waals surface area contributed by atoms with Crippen molar-refractivity contribution in [2.45, 2.75) is 19.8 Å². The van der Waals surface area contributed by atoms with E-state index < -0.39 is 17.0 Å². The molecule has 0 bridgehead atoms. The van der Waals surface area contributed by atoms with Gasteiger partial charge in [-0.2, -0.15) is 14.1 Å². The second-order valence-corrected chi connectivity index (χ2v) is 4.17. The summed E-state index contributed by atoms with van der Waals surface area (Å²) in [6, 6.07) is 0. The molecule has 5 heteroatoms. The van der Waals surface area contributed by atoms with E-state index in [4.69, 9.17) is 23.7 Å². The van der Waals surface area contributed by atoms with E-state index in [0.29, 0.717) is 6.61 Å². The molecule has 0 aromatic rings. The molecule has 0 aromatic heterocycles. The van der Waals surface area contributed by atoms with Crippen LogP contribution in [0.2, 0.25) is 0 Å². The van der Waals surface area contributed by atoms with Crippen LogP contribution in [0.4, 0.5) is 0 Å². The predicted octanol–water partition coefficient (Wildman–Crippen LogP) is 2.78. The van der Waals surface area contributed by atoms with E-state index in [1.165, 1.54) is 0 Å². The van der Waals surface area contributed by atoms with Crippen LogP contribution in [0.1, 0.15) is 19.8 Å². The van der Waals surface area contributed by atoms with Gasteiger partial charge in [0, 0.05) is 6.61 Å². The van der Waals surface area contributed by atoms with Gasteiger partial charge in [0.25, 0.3) is 0 Å². The average Bonchev–Trinajstić information content (AvgIpc) is 1.92. The number of hydrogen-bond donors (Lipinski definition) is 1. The van der Waals surface area contributed by atoms with Crippen molar-refractivity contribution in [2.24, 2.45) is 0 Å². The topological polar surface area (TPSA) is 34.3 Å². The molecule has 0 spiro atoms. The fraction of sp³-hybridized carbons (Fsp3) is 1.00. The van der Waals surface area contributed by atoms with Crippen molar-refractivity contribution in [1.29, 1.82) is 0 Å². The van der Waals surface area contributed by atoms with E-state index in [1.54, 1.807) is 14.1 Å². The molecule has 70 valence electrons. The third kappa shape index (κ3) is 92.2. The van der Waals surface area contributed by atoms with Gasteiger partial charge in [-0.1, -0.05) is 13.3 Å². The molecule has 11 heavy (non-hydrogen) atoms. The monoisotopic (exact) mass is 236 g/mol. The molecule has 0 rings (SSSR count). The van der Waals surface area contributed by atoms with Gasteiger partial charge >= 0.3 is 35.6 Å². The zero-order valence-corrected chi connectivity index (χ0v) is 10.3. The quantitative estimate of drug-likeness (QED) is 0.736. The molecule has 0 atom stereocenters. The first-order valence-electron chi connectivity index (χ1n) is 3.30. The average molecular weight is 237 g/mol. The number of halogens is 2. The maximum absolute atomic E-state index is 8.07. The van der Waals surface area contributed by atoms with Crippen LogP contribution >= 0.6 is 18.6 Å². The summed E-state index contributed by atoms with van der Waals surface area (Å²) < 4.78 is 0. The number of unbranched alkanes of at least 4 members (excludes halogenated alkanes) is 1. The van der Waals surface area contributed by atoms with Crippen LogP contribution in [0.3, 0.4) is 0 Å². The predicted molar refractivity (Wildman–Crippen MR) is 48.9 cm³/mol. The Kier molecular flexibility index (Phi) is 49.8. The summed E-state index contributed by atoms with van der Waals surface area (Å²) in [6.07, 6.45) is 2.04. The van der Waals surface area contributed by atoms with Crippen molar-refractivity contribution >= 4 is 18.6 Å². The molecule has 2 nitrogen and oxygen atoms in total. The first-order chi connectivity index (χ1) is 5.24. The minimum atomic E-state index is -0.556. The van der Waals surface area contributed by atoms with Gasteiger partial charge in [0.2, 0.25) is 0 Å². The fourth-order valence-corrected chi connectivity index (χ4v) is 0.158. The second kappa shape index (κ2) is 30.3. The van der Waals surface area contributed by atoms with Crippen molar-refractivity contribution in [3.8, 4) is 0 Å². The van der Waals surface area contributed by atoms with E-state index >= 15 is 0 Å². The van der Waals surface area contributed by atoms with Crippen LogP contribution in [0.25, 0.3) is 5.32 Å². The molecule has 0 aromatic carbocycles. The first kappa shape index (κ1) is 18.1. The van der Waals surface area contributed by atoms with Crippen LogP contribution < -0.4 is 0 Å². The fourth-order valence-electron chi connectivity index (χ4n) is 0.158. The Hall–Kier alpha value is 1.21. The molecule has 0 unspecified atom stereocenters. The second-order valence-electron chi connectivity index (χ2n) is 1.60. The number of rotatable bonds is 2. The van der Waals surface area contributed by atoms with Crippen molar-refractivity contribution in [1.82, 2.24) is 0 Å². The molecule has 0 amide bonds. The zero-order chi connectivity index (χ0) is 9.54. The summed E-state index contributed by atoms with van der Waals surface area (Å²) >= 11 is -0.556. The summed E-state index contributed by atoms with van der Waals surface area (Å²) in [5, 5.41) is 11.6. The SMILES string of the molecule is CCCCO.C[N-]C.[Cl][Ti][Cl]. The van der Waals surface area contributed by atoms with E-state index in [0.717, 1.165) is 12.8 Å². The Morgan fingerprint density at radius 3 is 1.64 bits per heavy atom. The van der Waals surface area contributed by atoms with Crippen molar-refractivity contribution in [2.75, 3.05) is 20.7 Å². The van der Waals surface area contributed by atoms with E-state index in [2.05, 4.69) is 12.2 Å². The summed E-state index contributed by atoms with van der Waals surface area (Å²) in [5.41, 5.74) is 0. The summed E-state index contributed by atoms with van der Waals surface area (Å²) in [5.74, 6) is 0. The van der Waals surface area contributed by atoms with Crippen LogP contribution in [-0.2, 0) is 17.0 Å². The molecule has 0 aliphatic heterocycles. The number of nitrogens with zero attached hydrogens (tertiary/aromatic N) is 1. The Labute approximate surface area is 86.3 Å². The third-order valence-corrected chi connectivity index (χ3v) is 0.512. The van der Waals surface area contributed by atoms with Gasteiger partial charge in [-0.3, -0.25) is 0 Å². The molecule has 0 radical (unpaired) electrons. The molecule has 1 N–H and O–H groups in total. The van der Waals surface area contributed by atoms with E-state index in [9.17, 15) is 0 Å². The van der Waals surface area contributed by atoms with Gasteiger partial charge in [0.05, 0.1) is 0 Å². The Morgan fingerprint density at radius 1 is 1.36 bits per heavy atom. The molecule has 0 aliphatic rings. The maximum atomic E-state index is 8.07.